The number of ether oxygens (including phenoxy) is 1. The van der Waals surface area contributed by atoms with Crippen molar-refractivity contribution >= 4 is 11.9 Å². The van der Waals surface area contributed by atoms with Crippen molar-refractivity contribution in [3.8, 4) is 0 Å². The number of carbonyl (C=O) groups is 2. The molecule has 0 aromatic rings. The summed E-state index contributed by atoms with van der Waals surface area (Å²) in [5.74, 6) is -0.868. The van der Waals surface area contributed by atoms with Crippen molar-refractivity contribution in [3.05, 3.63) is 22.8 Å². The molecular formula is C24H36O4. The van der Waals surface area contributed by atoms with Gasteiger partial charge in [0.15, 0.2) is 0 Å². The van der Waals surface area contributed by atoms with Crippen molar-refractivity contribution in [3.63, 3.8) is 0 Å². The van der Waals surface area contributed by atoms with E-state index in [4.69, 9.17) is 4.74 Å². The summed E-state index contributed by atoms with van der Waals surface area (Å²) < 4.78 is 5.69. The predicted octanol–water partition coefficient (Wildman–Crippen LogP) is 5.67. The van der Waals surface area contributed by atoms with E-state index in [0.29, 0.717) is 12.5 Å². The minimum atomic E-state index is -1.09. The lowest BCUT2D eigenvalue weighted by molar-refractivity contribution is -0.160. The van der Waals surface area contributed by atoms with Gasteiger partial charge in [0.1, 0.15) is 0 Å². The smallest absolute Gasteiger partial charge is 0.309 e. The van der Waals surface area contributed by atoms with Crippen LogP contribution in [0.2, 0.25) is 0 Å². The Morgan fingerprint density at radius 1 is 1.25 bits per heavy atom. The molecule has 0 bridgehead atoms. The zero-order valence-corrected chi connectivity index (χ0v) is 18.2. The summed E-state index contributed by atoms with van der Waals surface area (Å²) in [6.45, 7) is 10.5. The Kier molecular flexibility index (Phi) is 5.55. The molecule has 4 nitrogen and oxygen atoms in total. The molecule has 0 amide bonds. The molecule has 0 heterocycles. The average molecular weight is 389 g/mol. The minimum absolute atomic E-state index is 0.0479. The molecule has 3 aliphatic carbocycles. The summed E-state index contributed by atoms with van der Waals surface area (Å²) in [4.78, 5) is 23.7. The van der Waals surface area contributed by atoms with Crippen LogP contribution in [0.4, 0.5) is 0 Å². The molecule has 0 saturated heterocycles. The number of carbonyl (C=O) groups excluding carboxylic acids is 1. The Balaban J connectivity index is 1.75. The zero-order chi connectivity index (χ0) is 20.7. The van der Waals surface area contributed by atoms with E-state index < -0.39 is 17.4 Å². The number of rotatable bonds is 5. The molecule has 28 heavy (non-hydrogen) atoms. The molecule has 3 aliphatic rings. The first-order chi connectivity index (χ1) is 13.0. The number of allylic oxidation sites excluding steroid dienone is 4. The molecule has 0 radical (unpaired) electrons. The van der Waals surface area contributed by atoms with Crippen molar-refractivity contribution in [1.29, 1.82) is 0 Å². The number of hydrogen-bond donors (Lipinski definition) is 1. The first-order valence-corrected chi connectivity index (χ1v) is 10.8. The van der Waals surface area contributed by atoms with Gasteiger partial charge in [-0.2, -0.15) is 0 Å². The number of hydrogen-bond acceptors (Lipinski definition) is 3. The van der Waals surface area contributed by atoms with Gasteiger partial charge in [-0.3, -0.25) is 9.59 Å². The average Bonchev–Trinajstić information content (AvgIpc) is 2.60. The molecule has 1 N–H and O–H groups in total. The molecule has 2 saturated carbocycles. The van der Waals surface area contributed by atoms with Crippen molar-refractivity contribution in [2.75, 3.05) is 6.61 Å². The maximum atomic E-state index is 12.4. The van der Waals surface area contributed by atoms with Crippen LogP contribution in [-0.2, 0) is 14.3 Å². The van der Waals surface area contributed by atoms with Gasteiger partial charge in [-0.15, -0.1) is 0 Å². The normalized spacial score (nSPS) is 32.9. The fourth-order valence-electron chi connectivity index (χ4n) is 6.02. The van der Waals surface area contributed by atoms with Crippen LogP contribution < -0.4 is 0 Å². The summed E-state index contributed by atoms with van der Waals surface area (Å²) in [6.07, 6.45) is 10.4. The van der Waals surface area contributed by atoms with Gasteiger partial charge in [0.05, 0.1) is 18.4 Å². The maximum absolute atomic E-state index is 12.4. The molecule has 0 aliphatic heterocycles. The Morgan fingerprint density at radius 2 is 1.96 bits per heavy atom. The summed E-state index contributed by atoms with van der Waals surface area (Å²) in [5, 5.41) is 9.26. The third-order valence-electron chi connectivity index (χ3n) is 7.79. The number of aliphatic carboxylic acids is 1. The van der Waals surface area contributed by atoms with Crippen molar-refractivity contribution in [2.24, 2.45) is 22.2 Å². The fraction of sp³-hybridized carbons (Fsp3) is 0.750. The lowest BCUT2D eigenvalue weighted by Crippen LogP contribution is -2.49. The minimum Gasteiger partial charge on any atom is -0.481 e. The van der Waals surface area contributed by atoms with Crippen LogP contribution in [-0.4, -0.2) is 23.7 Å². The Labute approximate surface area is 169 Å². The van der Waals surface area contributed by atoms with E-state index in [9.17, 15) is 14.7 Å². The first-order valence-electron chi connectivity index (χ1n) is 10.8. The van der Waals surface area contributed by atoms with Crippen LogP contribution in [0, 0.1) is 22.2 Å². The molecule has 0 spiro atoms. The largest absolute Gasteiger partial charge is 0.481 e. The van der Waals surface area contributed by atoms with Crippen molar-refractivity contribution in [2.45, 2.75) is 86.0 Å². The Hall–Kier alpha value is -1.58. The highest BCUT2D eigenvalue weighted by Gasteiger charge is 2.53. The summed E-state index contributed by atoms with van der Waals surface area (Å²) in [6, 6.07) is 0. The second-order valence-corrected chi connectivity index (χ2v) is 10.5. The highest BCUT2D eigenvalue weighted by molar-refractivity contribution is 5.81. The summed E-state index contributed by atoms with van der Waals surface area (Å²) in [5.41, 5.74) is 3.74. The Morgan fingerprint density at radius 3 is 2.64 bits per heavy atom. The number of fused-ring (bicyclic) bond motifs is 3. The lowest BCUT2D eigenvalue weighted by Gasteiger charge is -2.57. The topological polar surface area (TPSA) is 63.6 Å². The maximum Gasteiger partial charge on any atom is 0.309 e. The second-order valence-electron chi connectivity index (χ2n) is 10.5. The van der Waals surface area contributed by atoms with Crippen molar-refractivity contribution in [1.82, 2.24) is 0 Å². The number of carboxylic acid groups (broad SMARTS) is 1. The van der Waals surface area contributed by atoms with Crippen LogP contribution in [0.15, 0.2) is 22.8 Å². The molecule has 3 rings (SSSR count). The van der Waals surface area contributed by atoms with Crippen molar-refractivity contribution < 1.29 is 19.4 Å². The van der Waals surface area contributed by atoms with E-state index in [1.165, 1.54) is 12.8 Å². The van der Waals surface area contributed by atoms with Crippen LogP contribution in [0.25, 0.3) is 0 Å². The van der Waals surface area contributed by atoms with Gasteiger partial charge in [-0.1, -0.05) is 31.9 Å². The predicted molar refractivity (Wildman–Crippen MR) is 110 cm³/mol. The highest BCUT2D eigenvalue weighted by atomic mass is 16.5. The number of esters is 1. The lowest BCUT2D eigenvalue weighted by atomic mass is 9.48. The molecule has 2 fully saturated rings. The van der Waals surface area contributed by atoms with Crippen LogP contribution in [0.1, 0.15) is 86.0 Å². The van der Waals surface area contributed by atoms with Gasteiger partial charge in [-0.25, -0.2) is 0 Å². The monoisotopic (exact) mass is 388 g/mol. The summed E-state index contributed by atoms with van der Waals surface area (Å²) >= 11 is 0. The molecule has 0 aromatic carbocycles. The van der Waals surface area contributed by atoms with Gasteiger partial charge in [0.2, 0.25) is 0 Å². The quantitative estimate of drug-likeness (QED) is 0.616. The standard InChI is InChI=1S/C24H36O4/c1-16-8-6-9-18-17(16)10-11-19-23(4,12-7-13-24(18,19)5)15-28-20(25)14-22(2,3)21(26)27/h9,19H,6-8,10-15H2,1-5H3,(H,26,27)/t19?,23-,24-/m0/s1. The summed E-state index contributed by atoms with van der Waals surface area (Å²) in [7, 11) is 0. The van der Waals surface area contributed by atoms with Crippen LogP contribution >= 0.6 is 0 Å². The van der Waals surface area contributed by atoms with E-state index in [2.05, 4.69) is 26.8 Å². The third kappa shape index (κ3) is 3.67. The van der Waals surface area contributed by atoms with Gasteiger partial charge >= 0.3 is 11.9 Å². The van der Waals surface area contributed by atoms with Gasteiger partial charge in [0, 0.05) is 5.41 Å². The van der Waals surface area contributed by atoms with E-state index in [1.807, 2.05) is 0 Å². The van der Waals surface area contributed by atoms with Gasteiger partial charge in [0.25, 0.3) is 0 Å². The van der Waals surface area contributed by atoms with Gasteiger partial charge in [-0.05, 0) is 81.8 Å². The highest BCUT2D eigenvalue weighted by Crippen LogP contribution is 2.62. The van der Waals surface area contributed by atoms with E-state index in [-0.39, 0.29) is 17.3 Å². The van der Waals surface area contributed by atoms with E-state index >= 15 is 0 Å². The van der Waals surface area contributed by atoms with Crippen LogP contribution in [0.5, 0.6) is 0 Å². The molecular weight excluding hydrogens is 352 g/mol. The molecule has 3 atom stereocenters. The molecule has 4 heteroatoms. The van der Waals surface area contributed by atoms with Gasteiger partial charge < -0.3 is 9.84 Å². The van der Waals surface area contributed by atoms with Crippen LogP contribution in [0.3, 0.4) is 0 Å². The Bertz CT molecular complexity index is 729. The van der Waals surface area contributed by atoms with E-state index in [1.54, 1.807) is 30.6 Å². The molecule has 156 valence electrons. The molecule has 1 unspecified atom stereocenters. The van der Waals surface area contributed by atoms with E-state index in [0.717, 1.165) is 32.1 Å². The third-order valence-corrected chi connectivity index (χ3v) is 7.79. The molecule has 0 aromatic heterocycles. The first kappa shape index (κ1) is 21.1. The zero-order valence-electron chi connectivity index (χ0n) is 18.2. The fourth-order valence-corrected chi connectivity index (χ4v) is 6.02. The SMILES string of the molecule is CC1=C2CCC3[C@](C)(COC(=O)CC(C)(C)C(=O)O)CCC[C@@]3(C)C2=CCC1. The number of carboxylic acids is 1. The second kappa shape index (κ2) is 7.35.